The fraction of sp³-hybridized carbons (Fsp3) is 0.300. The fourth-order valence-electron chi connectivity index (χ4n) is 3.22. The maximum Gasteiger partial charge on any atom is 0.321 e. The number of halogens is 1. The van der Waals surface area contributed by atoms with E-state index in [-0.39, 0.29) is 6.03 Å². The molecule has 1 aromatic heterocycles. The molecule has 7 heteroatoms. The van der Waals surface area contributed by atoms with E-state index in [9.17, 15) is 4.79 Å². The van der Waals surface area contributed by atoms with Gasteiger partial charge in [-0.05, 0) is 49.2 Å². The van der Waals surface area contributed by atoms with Crippen molar-refractivity contribution >= 4 is 50.0 Å². The van der Waals surface area contributed by atoms with Crippen molar-refractivity contribution in [2.75, 3.05) is 36.4 Å². The van der Waals surface area contributed by atoms with Crippen molar-refractivity contribution in [3.63, 3.8) is 0 Å². The molecule has 4 rings (SSSR count). The number of fused-ring (bicyclic) bond motifs is 1. The Kier molecular flexibility index (Phi) is 4.93. The third-order valence-electron chi connectivity index (χ3n) is 4.99. The van der Waals surface area contributed by atoms with Crippen LogP contribution in [0.1, 0.15) is 11.1 Å². The maximum atomic E-state index is 12.5. The predicted octanol–water partition coefficient (Wildman–Crippen LogP) is 4.92. The van der Waals surface area contributed by atoms with Crippen molar-refractivity contribution in [2.45, 2.75) is 13.8 Å². The number of hydrogen-bond acceptors (Lipinski definition) is 4. The highest BCUT2D eigenvalue weighted by atomic mass is 35.5. The minimum atomic E-state index is -0.0901. The zero-order valence-corrected chi connectivity index (χ0v) is 16.9. The van der Waals surface area contributed by atoms with Gasteiger partial charge in [0.25, 0.3) is 0 Å². The van der Waals surface area contributed by atoms with E-state index in [1.54, 1.807) is 23.5 Å². The summed E-state index contributed by atoms with van der Waals surface area (Å²) in [6.07, 6.45) is 0. The largest absolute Gasteiger partial charge is 0.345 e. The second-order valence-electron chi connectivity index (χ2n) is 6.77. The molecule has 2 amide bonds. The lowest BCUT2D eigenvalue weighted by Gasteiger charge is -2.34. The number of thiazole rings is 1. The number of nitrogens with one attached hydrogen (secondary N) is 1. The third-order valence-corrected chi connectivity index (χ3v) is 6.30. The highest BCUT2D eigenvalue weighted by Crippen LogP contribution is 2.32. The van der Waals surface area contributed by atoms with E-state index in [2.05, 4.69) is 36.2 Å². The highest BCUT2D eigenvalue weighted by Gasteiger charge is 2.23. The van der Waals surface area contributed by atoms with Crippen LogP contribution in [0.25, 0.3) is 10.2 Å². The van der Waals surface area contributed by atoms with Crippen LogP contribution < -0.4 is 10.2 Å². The molecule has 1 aliphatic heterocycles. The van der Waals surface area contributed by atoms with Crippen molar-refractivity contribution in [1.82, 2.24) is 9.88 Å². The van der Waals surface area contributed by atoms with E-state index in [0.717, 1.165) is 23.7 Å². The van der Waals surface area contributed by atoms with E-state index in [1.807, 2.05) is 17.0 Å². The Balaban J connectivity index is 1.41. The van der Waals surface area contributed by atoms with Gasteiger partial charge in [-0.1, -0.05) is 35.1 Å². The normalized spacial score (nSPS) is 14.6. The van der Waals surface area contributed by atoms with Crippen LogP contribution in [0, 0.1) is 13.8 Å². The Bertz CT molecular complexity index is 995. The molecule has 3 aromatic rings. The van der Waals surface area contributed by atoms with Gasteiger partial charge in [-0.15, -0.1) is 0 Å². The number of aromatic nitrogens is 1. The molecule has 27 heavy (non-hydrogen) atoms. The summed E-state index contributed by atoms with van der Waals surface area (Å²) in [6, 6.07) is 11.4. The van der Waals surface area contributed by atoms with Gasteiger partial charge in [-0.3, -0.25) is 0 Å². The monoisotopic (exact) mass is 400 g/mol. The van der Waals surface area contributed by atoms with Crippen molar-refractivity contribution in [3.05, 3.63) is 52.5 Å². The zero-order valence-electron chi connectivity index (χ0n) is 15.3. The highest BCUT2D eigenvalue weighted by molar-refractivity contribution is 7.22. The quantitative estimate of drug-likeness (QED) is 0.664. The van der Waals surface area contributed by atoms with Gasteiger partial charge < -0.3 is 15.1 Å². The lowest BCUT2D eigenvalue weighted by Crippen LogP contribution is -2.50. The van der Waals surface area contributed by atoms with Crippen molar-refractivity contribution in [2.24, 2.45) is 0 Å². The summed E-state index contributed by atoms with van der Waals surface area (Å²) in [5.74, 6) is 0. The first-order valence-corrected chi connectivity index (χ1v) is 10.1. The Morgan fingerprint density at radius 2 is 1.93 bits per heavy atom. The Hall–Kier alpha value is -2.31. The van der Waals surface area contributed by atoms with Crippen LogP contribution >= 0.6 is 22.9 Å². The van der Waals surface area contributed by atoms with Crippen LogP contribution in [-0.4, -0.2) is 42.1 Å². The standard InChI is InChI=1S/C20H21ClN4OS/c1-13-6-7-17-18(14(13)2)23-20(27-17)25-10-8-24(9-11-25)19(26)22-16-5-3-4-15(21)12-16/h3-7,12H,8-11H2,1-2H3,(H,22,26). The Morgan fingerprint density at radius 1 is 1.15 bits per heavy atom. The zero-order chi connectivity index (χ0) is 19.0. The van der Waals surface area contributed by atoms with Gasteiger partial charge in [0, 0.05) is 36.9 Å². The molecule has 2 heterocycles. The average molecular weight is 401 g/mol. The molecule has 1 saturated heterocycles. The number of nitrogens with zero attached hydrogens (tertiary/aromatic N) is 3. The topological polar surface area (TPSA) is 48.5 Å². The van der Waals surface area contributed by atoms with Gasteiger partial charge >= 0.3 is 6.03 Å². The van der Waals surface area contributed by atoms with Crippen LogP contribution in [-0.2, 0) is 0 Å². The molecular formula is C20H21ClN4OS. The van der Waals surface area contributed by atoms with Gasteiger partial charge in [0.2, 0.25) is 0 Å². The van der Waals surface area contributed by atoms with E-state index in [1.165, 1.54) is 15.8 Å². The van der Waals surface area contributed by atoms with Gasteiger partial charge in [-0.2, -0.15) is 0 Å². The van der Waals surface area contributed by atoms with Crippen LogP contribution in [0.2, 0.25) is 5.02 Å². The molecule has 0 aliphatic carbocycles. The number of benzene rings is 2. The third kappa shape index (κ3) is 3.73. The van der Waals surface area contributed by atoms with Crippen molar-refractivity contribution in [3.8, 4) is 0 Å². The molecule has 1 fully saturated rings. The number of aryl methyl sites for hydroxylation is 2. The summed E-state index contributed by atoms with van der Waals surface area (Å²) >= 11 is 7.70. The summed E-state index contributed by atoms with van der Waals surface area (Å²) < 4.78 is 1.22. The Morgan fingerprint density at radius 3 is 2.67 bits per heavy atom. The summed E-state index contributed by atoms with van der Waals surface area (Å²) in [6.45, 7) is 7.13. The molecule has 0 unspecified atom stereocenters. The first-order valence-electron chi connectivity index (χ1n) is 8.94. The first kappa shape index (κ1) is 18.1. The van der Waals surface area contributed by atoms with E-state index in [4.69, 9.17) is 16.6 Å². The lowest BCUT2D eigenvalue weighted by atomic mass is 10.1. The molecule has 0 bridgehead atoms. The number of carbonyl (C=O) groups is 1. The predicted molar refractivity (Wildman–Crippen MR) is 113 cm³/mol. The first-order chi connectivity index (χ1) is 13.0. The molecule has 140 valence electrons. The van der Waals surface area contributed by atoms with Crippen LogP contribution in [0.4, 0.5) is 15.6 Å². The maximum absolute atomic E-state index is 12.5. The summed E-state index contributed by atoms with van der Waals surface area (Å²) in [4.78, 5) is 21.4. The number of carbonyl (C=O) groups excluding carboxylic acids is 1. The minimum Gasteiger partial charge on any atom is -0.345 e. The summed E-state index contributed by atoms with van der Waals surface area (Å²) in [5, 5.41) is 4.56. The van der Waals surface area contributed by atoms with Crippen LogP contribution in [0.3, 0.4) is 0 Å². The minimum absolute atomic E-state index is 0.0901. The summed E-state index contributed by atoms with van der Waals surface area (Å²) in [5.41, 5.74) is 4.32. The SMILES string of the molecule is Cc1ccc2sc(N3CCN(C(=O)Nc4cccc(Cl)c4)CC3)nc2c1C. The van der Waals surface area contributed by atoms with E-state index >= 15 is 0 Å². The molecule has 0 radical (unpaired) electrons. The van der Waals surface area contributed by atoms with Crippen LogP contribution in [0.5, 0.6) is 0 Å². The Labute approximate surface area is 167 Å². The number of hydrogen-bond donors (Lipinski definition) is 1. The molecular weight excluding hydrogens is 380 g/mol. The molecule has 0 saturated carbocycles. The average Bonchev–Trinajstić information content (AvgIpc) is 3.10. The number of anilines is 2. The lowest BCUT2D eigenvalue weighted by molar-refractivity contribution is 0.208. The van der Waals surface area contributed by atoms with Crippen molar-refractivity contribution in [1.29, 1.82) is 0 Å². The molecule has 0 spiro atoms. The van der Waals surface area contributed by atoms with E-state index < -0.39 is 0 Å². The fourth-order valence-corrected chi connectivity index (χ4v) is 4.49. The number of urea groups is 1. The summed E-state index contributed by atoms with van der Waals surface area (Å²) in [7, 11) is 0. The van der Waals surface area contributed by atoms with Crippen molar-refractivity contribution < 1.29 is 4.79 Å². The molecule has 2 aromatic carbocycles. The number of amides is 2. The van der Waals surface area contributed by atoms with Gasteiger partial charge in [0.05, 0.1) is 10.2 Å². The molecule has 1 aliphatic rings. The molecule has 5 nitrogen and oxygen atoms in total. The second-order valence-corrected chi connectivity index (χ2v) is 8.21. The molecule has 1 N–H and O–H groups in total. The van der Waals surface area contributed by atoms with E-state index in [0.29, 0.717) is 23.8 Å². The second kappa shape index (κ2) is 7.37. The van der Waals surface area contributed by atoms with Gasteiger partial charge in [0.1, 0.15) is 0 Å². The number of rotatable bonds is 2. The molecule has 0 atom stereocenters. The van der Waals surface area contributed by atoms with Gasteiger partial charge in [-0.25, -0.2) is 9.78 Å². The smallest absolute Gasteiger partial charge is 0.321 e. The van der Waals surface area contributed by atoms with Crippen LogP contribution in [0.15, 0.2) is 36.4 Å². The number of piperazine rings is 1. The van der Waals surface area contributed by atoms with Gasteiger partial charge in [0.15, 0.2) is 5.13 Å².